The molecule has 0 saturated carbocycles. The summed E-state index contributed by atoms with van der Waals surface area (Å²) in [6.45, 7) is 5.82. The van der Waals surface area contributed by atoms with Crippen LogP contribution in [0.1, 0.15) is 35.1 Å². The van der Waals surface area contributed by atoms with Crippen molar-refractivity contribution >= 4 is 21.7 Å². The maximum absolute atomic E-state index is 11.7. The zero-order valence-corrected chi connectivity index (χ0v) is 12.3. The first-order chi connectivity index (χ1) is 8.54. The van der Waals surface area contributed by atoms with Gasteiger partial charge in [0.15, 0.2) is 5.78 Å². The molecule has 0 atom stereocenters. The average Bonchev–Trinajstić information content (AvgIpc) is 2.66. The molecule has 3 nitrogen and oxygen atoms in total. The van der Waals surface area contributed by atoms with Gasteiger partial charge in [0, 0.05) is 12.0 Å². The van der Waals surface area contributed by atoms with E-state index in [9.17, 15) is 4.79 Å². The summed E-state index contributed by atoms with van der Waals surface area (Å²) < 4.78 is 2.86. The van der Waals surface area contributed by atoms with Gasteiger partial charge in [0.25, 0.3) is 0 Å². The van der Waals surface area contributed by atoms with E-state index >= 15 is 0 Å². The minimum absolute atomic E-state index is 0.150. The number of Topliss-reactive ketones (excluding diaryl/α,β-unsaturated/α-hetero) is 1. The summed E-state index contributed by atoms with van der Waals surface area (Å²) in [5.41, 5.74) is 3.63. The maximum atomic E-state index is 11.7. The van der Waals surface area contributed by atoms with Crippen LogP contribution in [0.15, 0.2) is 28.7 Å². The smallest absolute Gasteiger partial charge is 0.162 e. The summed E-state index contributed by atoms with van der Waals surface area (Å²) in [4.78, 5) is 11.7. The minimum atomic E-state index is 0.150. The number of ketones is 1. The molecule has 2 rings (SSSR count). The molecule has 0 spiro atoms. The summed E-state index contributed by atoms with van der Waals surface area (Å²) in [7, 11) is 0. The topological polar surface area (TPSA) is 34.9 Å². The van der Waals surface area contributed by atoms with E-state index in [2.05, 4.69) is 21.0 Å². The maximum Gasteiger partial charge on any atom is 0.162 e. The van der Waals surface area contributed by atoms with Crippen LogP contribution in [0.25, 0.3) is 5.69 Å². The third-order valence-electron chi connectivity index (χ3n) is 2.94. The number of carbonyl (C=O) groups is 1. The molecule has 0 saturated heterocycles. The molecule has 1 heterocycles. The van der Waals surface area contributed by atoms with Crippen LogP contribution in [-0.2, 0) is 0 Å². The third kappa shape index (κ3) is 2.25. The quantitative estimate of drug-likeness (QED) is 0.807. The van der Waals surface area contributed by atoms with Crippen molar-refractivity contribution in [2.24, 2.45) is 0 Å². The second kappa shape index (κ2) is 5.06. The van der Waals surface area contributed by atoms with E-state index < -0.39 is 0 Å². The molecule has 0 bridgehead atoms. The van der Waals surface area contributed by atoms with Crippen LogP contribution in [0, 0.1) is 13.8 Å². The van der Waals surface area contributed by atoms with Crippen molar-refractivity contribution in [3.8, 4) is 5.69 Å². The van der Waals surface area contributed by atoms with Crippen LogP contribution in [0.2, 0.25) is 0 Å². The van der Waals surface area contributed by atoms with Crippen molar-refractivity contribution in [2.75, 3.05) is 0 Å². The summed E-state index contributed by atoms with van der Waals surface area (Å²) in [6, 6.07) is 7.58. The zero-order valence-electron chi connectivity index (χ0n) is 10.7. The van der Waals surface area contributed by atoms with E-state index in [1.165, 1.54) is 0 Å². The second-order valence-corrected chi connectivity index (χ2v) is 5.02. The fraction of sp³-hybridized carbons (Fsp3) is 0.286. The number of hydrogen-bond donors (Lipinski definition) is 0. The Bertz CT molecular complexity index is 602. The highest BCUT2D eigenvalue weighted by molar-refractivity contribution is 9.10. The molecule has 0 aliphatic rings. The first-order valence-corrected chi connectivity index (χ1v) is 6.69. The molecular formula is C14H15BrN2O. The summed E-state index contributed by atoms with van der Waals surface area (Å²) in [5, 5.41) is 4.46. The van der Waals surface area contributed by atoms with Gasteiger partial charge in [0.1, 0.15) is 0 Å². The Balaban J connectivity index is 2.51. The molecule has 0 amide bonds. The standard InChI is InChI=1S/C14H15BrN2O/c1-4-13(18)11-6-5-7-12(8-11)17-10(3)14(15)9(2)16-17/h5-8H,4H2,1-3H3. The molecule has 0 radical (unpaired) electrons. The van der Waals surface area contributed by atoms with E-state index in [0.29, 0.717) is 6.42 Å². The predicted molar refractivity (Wildman–Crippen MR) is 75.4 cm³/mol. The average molecular weight is 307 g/mol. The van der Waals surface area contributed by atoms with Crippen LogP contribution in [0.5, 0.6) is 0 Å². The van der Waals surface area contributed by atoms with E-state index in [1.54, 1.807) is 0 Å². The lowest BCUT2D eigenvalue weighted by molar-refractivity contribution is 0.0988. The van der Waals surface area contributed by atoms with Crippen molar-refractivity contribution in [1.29, 1.82) is 0 Å². The van der Waals surface area contributed by atoms with Gasteiger partial charge in [-0.2, -0.15) is 5.10 Å². The SMILES string of the molecule is CCC(=O)c1cccc(-n2nc(C)c(Br)c2C)c1. The number of aromatic nitrogens is 2. The Hall–Kier alpha value is -1.42. The highest BCUT2D eigenvalue weighted by Gasteiger charge is 2.11. The fourth-order valence-corrected chi connectivity index (χ4v) is 2.14. The molecule has 94 valence electrons. The Labute approximate surface area is 115 Å². The first kappa shape index (κ1) is 13.0. The molecule has 0 aliphatic carbocycles. The lowest BCUT2D eigenvalue weighted by Crippen LogP contribution is -2.02. The van der Waals surface area contributed by atoms with Gasteiger partial charge in [-0.3, -0.25) is 4.79 Å². The van der Waals surface area contributed by atoms with Gasteiger partial charge >= 0.3 is 0 Å². The number of benzene rings is 1. The lowest BCUT2D eigenvalue weighted by Gasteiger charge is -2.06. The van der Waals surface area contributed by atoms with Crippen LogP contribution in [-0.4, -0.2) is 15.6 Å². The van der Waals surface area contributed by atoms with E-state index in [-0.39, 0.29) is 5.78 Å². The number of halogens is 1. The largest absolute Gasteiger partial charge is 0.294 e. The molecule has 0 aliphatic heterocycles. The Morgan fingerprint density at radius 2 is 2.11 bits per heavy atom. The summed E-state index contributed by atoms with van der Waals surface area (Å²) >= 11 is 3.51. The van der Waals surface area contributed by atoms with Crippen molar-refractivity contribution < 1.29 is 4.79 Å². The van der Waals surface area contributed by atoms with Crippen LogP contribution < -0.4 is 0 Å². The van der Waals surface area contributed by atoms with Crippen molar-refractivity contribution in [2.45, 2.75) is 27.2 Å². The van der Waals surface area contributed by atoms with Gasteiger partial charge in [0.05, 0.1) is 21.5 Å². The molecule has 0 unspecified atom stereocenters. The summed E-state index contributed by atoms with van der Waals surface area (Å²) in [5.74, 6) is 0.150. The number of nitrogens with zero attached hydrogens (tertiary/aromatic N) is 2. The van der Waals surface area contributed by atoms with Crippen LogP contribution >= 0.6 is 15.9 Å². The first-order valence-electron chi connectivity index (χ1n) is 5.90. The van der Waals surface area contributed by atoms with E-state index in [0.717, 1.165) is 27.1 Å². The highest BCUT2D eigenvalue weighted by atomic mass is 79.9. The van der Waals surface area contributed by atoms with Crippen LogP contribution in [0.4, 0.5) is 0 Å². The van der Waals surface area contributed by atoms with Gasteiger partial charge in [0.2, 0.25) is 0 Å². The van der Waals surface area contributed by atoms with Crippen molar-refractivity contribution in [3.63, 3.8) is 0 Å². The molecular weight excluding hydrogens is 292 g/mol. The molecule has 0 fully saturated rings. The number of aryl methyl sites for hydroxylation is 1. The third-order valence-corrected chi connectivity index (χ3v) is 4.08. The Morgan fingerprint density at radius 3 is 2.67 bits per heavy atom. The monoisotopic (exact) mass is 306 g/mol. The number of rotatable bonds is 3. The van der Waals surface area contributed by atoms with Crippen molar-refractivity contribution in [3.05, 3.63) is 45.7 Å². The second-order valence-electron chi connectivity index (χ2n) is 4.22. The Kier molecular flexibility index (Phi) is 3.66. The van der Waals surface area contributed by atoms with Gasteiger partial charge < -0.3 is 0 Å². The lowest BCUT2D eigenvalue weighted by atomic mass is 10.1. The van der Waals surface area contributed by atoms with Gasteiger partial charge in [-0.05, 0) is 41.9 Å². The van der Waals surface area contributed by atoms with Crippen LogP contribution in [0.3, 0.4) is 0 Å². The molecule has 1 aromatic carbocycles. The predicted octanol–water partition coefficient (Wildman–Crippen LogP) is 3.84. The zero-order chi connectivity index (χ0) is 13.3. The number of hydrogen-bond acceptors (Lipinski definition) is 2. The van der Waals surface area contributed by atoms with Crippen molar-refractivity contribution in [1.82, 2.24) is 9.78 Å². The molecule has 2 aromatic rings. The summed E-state index contributed by atoms with van der Waals surface area (Å²) in [6.07, 6.45) is 0.518. The normalized spacial score (nSPS) is 10.7. The van der Waals surface area contributed by atoms with Gasteiger partial charge in [-0.1, -0.05) is 19.1 Å². The van der Waals surface area contributed by atoms with Gasteiger partial charge in [-0.25, -0.2) is 4.68 Å². The molecule has 18 heavy (non-hydrogen) atoms. The Morgan fingerprint density at radius 1 is 1.39 bits per heavy atom. The molecule has 4 heteroatoms. The molecule has 0 N–H and O–H groups in total. The minimum Gasteiger partial charge on any atom is -0.294 e. The molecule has 1 aromatic heterocycles. The number of carbonyl (C=O) groups excluding carboxylic acids is 1. The van der Waals surface area contributed by atoms with E-state index in [4.69, 9.17) is 0 Å². The fourth-order valence-electron chi connectivity index (χ4n) is 1.89. The van der Waals surface area contributed by atoms with E-state index in [1.807, 2.05) is 49.7 Å². The highest BCUT2D eigenvalue weighted by Crippen LogP contribution is 2.23. The van der Waals surface area contributed by atoms with Gasteiger partial charge in [-0.15, -0.1) is 0 Å².